The van der Waals surface area contributed by atoms with Crippen LogP contribution in [0, 0.1) is 0 Å². The number of carbonyl (C=O) groups excluding carboxylic acids is 1. The molecule has 5 nitrogen and oxygen atoms in total. The highest BCUT2D eigenvalue weighted by atomic mass is 35.5. The van der Waals surface area contributed by atoms with Crippen molar-refractivity contribution in [3.05, 3.63) is 52.8 Å². The molecule has 3 rings (SSSR count). The number of likely N-dealkylation sites (tertiary alicyclic amines) is 1. The van der Waals surface area contributed by atoms with Gasteiger partial charge in [-0.25, -0.2) is 9.97 Å². The largest absolute Gasteiger partial charge is 0.349 e. The molecule has 132 valence electrons. The molecule has 0 bridgehead atoms. The van der Waals surface area contributed by atoms with Gasteiger partial charge in [-0.2, -0.15) is 0 Å². The summed E-state index contributed by atoms with van der Waals surface area (Å²) in [6.45, 7) is 2.64. The lowest BCUT2D eigenvalue weighted by molar-refractivity contribution is 0.0932. The van der Waals surface area contributed by atoms with E-state index >= 15 is 0 Å². The number of carbonyl (C=O) groups is 1. The lowest BCUT2D eigenvalue weighted by Gasteiger charge is -2.28. The van der Waals surface area contributed by atoms with Crippen molar-refractivity contribution >= 4 is 29.3 Å². The van der Waals surface area contributed by atoms with E-state index < -0.39 is 0 Å². The van der Waals surface area contributed by atoms with E-state index in [0.29, 0.717) is 11.7 Å². The fraction of sp³-hybridized carbons (Fsp3) is 0.389. The van der Waals surface area contributed by atoms with Gasteiger partial charge in [0.2, 0.25) is 0 Å². The molecule has 0 saturated carbocycles. The first-order chi connectivity index (χ1) is 12.2. The van der Waals surface area contributed by atoms with Gasteiger partial charge in [-0.3, -0.25) is 9.69 Å². The number of amides is 1. The predicted octanol–water partition coefficient (Wildman–Crippen LogP) is 3.42. The van der Waals surface area contributed by atoms with Crippen LogP contribution in [0.4, 0.5) is 0 Å². The summed E-state index contributed by atoms with van der Waals surface area (Å²) in [5.41, 5.74) is 1.44. The second-order valence-corrected chi connectivity index (χ2v) is 7.11. The Morgan fingerprint density at radius 2 is 2.04 bits per heavy atom. The van der Waals surface area contributed by atoms with E-state index in [0.717, 1.165) is 13.1 Å². The minimum atomic E-state index is -0.261. The molecular weight excluding hydrogens is 356 g/mol. The number of nitrogens with zero attached hydrogens (tertiary/aromatic N) is 3. The zero-order valence-electron chi connectivity index (χ0n) is 14.1. The zero-order valence-corrected chi connectivity index (χ0v) is 15.7. The molecule has 0 aliphatic carbocycles. The Bertz CT molecular complexity index is 722. The molecule has 1 aromatic carbocycles. The highest BCUT2D eigenvalue weighted by molar-refractivity contribution is 7.98. The summed E-state index contributed by atoms with van der Waals surface area (Å²) >= 11 is 7.48. The smallest absolute Gasteiger partial charge is 0.271 e. The summed E-state index contributed by atoms with van der Waals surface area (Å²) in [5.74, 6) is -0.261. The molecule has 1 fully saturated rings. The van der Waals surface area contributed by atoms with Gasteiger partial charge >= 0.3 is 0 Å². The molecule has 0 radical (unpaired) electrons. The van der Waals surface area contributed by atoms with Gasteiger partial charge in [0.15, 0.2) is 10.9 Å². The molecule has 1 aliphatic heterocycles. The standard InChI is InChI=1S/C18H21ClN4OS/c1-25-18-21-11-14(19)16(22-18)17(24)20-12-15(23-9-5-6-10-23)13-7-3-2-4-8-13/h2-4,7-8,11,15H,5-6,9-10,12H2,1H3,(H,20,24). The van der Waals surface area contributed by atoms with Crippen LogP contribution in [0.5, 0.6) is 0 Å². The van der Waals surface area contributed by atoms with Gasteiger partial charge < -0.3 is 5.32 Å². The van der Waals surface area contributed by atoms with Gasteiger partial charge in [-0.1, -0.05) is 53.7 Å². The van der Waals surface area contributed by atoms with Crippen LogP contribution in [0.3, 0.4) is 0 Å². The summed E-state index contributed by atoms with van der Waals surface area (Å²) < 4.78 is 0. The van der Waals surface area contributed by atoms with Crippen LogP contribution in [0.25, 0.3) is 0 Å². The fourth-order valence-corrected chi connectivity index (χ4v) is 3.59. The van der Waals surface area contributed by atoms with Gasteiger partial charge in [0.1, 0.15) is 0 Å². The van der Waals surface area contributed by atoms with Gasteiger partial charge in [-0.15, -0.1) is 0 Å². The number of thioether (sulfide) groups is 1. The molecule has 2 aromatic rings. The lowest BCUT2D eigenvalue weighted by Crippen LogP contribution is -2.37. The van der Waals surface area contributed by atoms with Crippen LogP contribution in [-0.4, -0.2) is 46.7 Å². The number of nitrogens with one attached hydrogen (secondary N) is 1. The zero-order chi connectivity index (χ0) is 17.6. The topological polar surface area (TPSA) is 58.1 Å². The SMILES string of the molecule is CSc1ncc(Cl)c(C(=O)NCC(c2ccccc2)N2CCCC2)n1. The molecule has 1 atom stereocenters. The minimum Gasteiger partial charge on any atom is -0.349 e. The Balaban J connectivity index is 1.73. The average Bonchev–Trinajstić information content (AvgIpc) is 3.17. The van der Waals surface area contributed by atoms with Crippen LogP contribution in [0.15, 0.2) is 41.7 Å². The summed E-state index contributed by atoms with van der Waals surface area (Å²) in [7, 11) is 0. The van der Waals surface area contributed by atoms with E-state index in [2.05, 4.69) is 32.3 Å². The third-order valence-electron chi connectivity index (χ3n) is 4.34. The number of halogens is 1. The van der Waals surface area contributed by atoms with Crippen LogP contribution in [0.1, 0.15) is 34.9 Å². The molecule has 2 heterocycles. The van der Waals surface area contributed by atoms with Crippen molar-refractivity contribution in [1.29, 1.82) is 0 Å². The van der Waals surface area contributed by atoms with E-state index in [1.807, 2.05) is 24.5 Å². The van der Waals surface area contributed by atoms with Crippen LogP contribution in [0.2, 0.25) is 5.02 Å². The number of hydrogen-bond donors (Lipinski definition) is 1. The minimum absolute atomic E-state index is 0.160. The molecule has 7 heteroatoms. The highest BCUT2D eigenvalue weighted by Gasteiger charge is 2.24. The van der Waals surface area contributed by atoms with E-state index in [4.69, 9.17) is 11.6 Å². The van der Waals surface area contributed by atoms with Crippen LogP contribution < -0.4 is 5.32 Å². The van der Waals surface area contributed by atoms with Crippen molar-refractivity contribution in [1.82, 2.24) is 20.2 Å². The van der Waals surface area contributed by atoms with Crippen LogP contribution >= 0.6 is 23.4 Å². The molecule has 25 heavy (non-hydrogen) atoms. The maximum Gasteiger partial charge on any atom is 0.271 e. The Labute approximate surface area is 157 Å². The molecule has 1 unspecified atom stereocenters. The Morgan fingerprint density at radius 3 is 2.72 bits per heavy atom. The molecule has 1 aromatic heterocycles. The molecule has 1 saturated heterocycles. The van der Waals surface area contributed by atoms with Crippen molar-refractivity contribution in [2.24, 2.45) is 0 Å². The van der Waals surface area contributed by atoms with Gasteiger partial charge in [0.05, 0.1) is 17.3 Å². The van der Waals surface area contributed by atoms with Crippen molar-refractivity contribution in [2.75, 3.05) is 25.9 Å². The monoisotopic (exact) mass is 376 g/mol. The third-order valence-corrected chi connectivity index (χ3v) is 5.18. The lowest BCUT2D eigenvalue weighted by atomic mass is 10.1. The molecule has 1 N–H and O–H groups in total. The first-order valence-electron chi connectivity index (χ1n) is 8.32. The molecule has 0 spiro atoms. The van der Waals surface area contributed by atoms with Crippen LogP contribution in [-0.2, 0) is 0 Å². The molecule has 1 amide bonds. The van der Waals surface area contributed by atoms with E-state index in [-0.39, 0.29) is 22.7 Å². The van der Waals surface area contributed by atoms with E-state index in [1.54, 1.807) is 0 Å². The number of rotatable bonds is 6. The maximum absolute atomic E-state index is 12.6. The van der Waals surface area contributed by atoms with E-state index in [1.165, 1.54) is 36.4 Å². The number of benzene rings is 1. The summed E-state index contributed by atoms with van der Waals surface area (Å²) in [5, 5.41) is 3.81. The van der Waals surface area contributed by atoms with Crippen molar-refractivity contribution in [2.45, 2.75) is 24.0 Å². The normalized spacial score (nSPS) is 15.9. The Hall–Kier alpha value is -1.63. The molecular formula is C18H21ClN4OS. The number of aromatic nitrogens is 2. The van der Waals surface area contributed by atoms with Gasteiger partial charge in [-0.05, 0) is 37.8 Å². The summed E-state index contributed by atoms with van der Waals surface area (Å²) in [4.78, 5) is 23.3. The summed E-state index contributed by atoms with van der Waals surface area (Å²) in [6.07, 6.45) is 5.74. The third kappa shape index (κ3) is 4.51. The predicted molar refractivity (Wildman–Crippen MR) is 101 cm³/mol. The van der Waals surface area contributed by atoms with Crippen molar-refractivity contribution < 1.29 is 4.79 Å². The van der Waals surface area contributed by atoms with Crippen molar-refractivity contribution in [3.8, 4) is 0 Å². The van der Waals surface area contributed by atoms with Gasteiger partial charge in [0, 0.05) is 6.54 Å². The molecule has 1 aliphatic rings. The van der Waals surface area contributed by atoms with E-state index in [9.17, 15) is 4.79 Å². The maximum atomic E-state index is 12.6. The van der Waals surface area contributed by atoms with Gasteiger partial charge in [0.25, 0.3) is 5.91 Å². The Kier molecular flexibility index (Phi) is 6.29. The number of hydrogen-bond acceptors (Lipinski definition) is 5. The van der Waals surface area contributed by atoms with Crippen molar-refractivity contribution in [3.63, 3.8) is 0 Å². The quantitative estimate of drug-likeness (QED) is 0.618. The first kappa shape index (κ1) is 18.2. The average molecular weight is 377 g/mol. The second kappa shape index (κ2) is 8.65. The second-order valence-electron chi connectivity index (χ2n) is 5.93. The first-order valence-corrected chi connectivity index (χ1v) is 9.93. The fourth-order valence-electron chi connectivity index (χ4n) is 3.07. The summed E-state index contributed by atoms with van der Waals surface area (Å²) in [6, 6.07) is 10.5. The highest BCUT2D eigenvalue weighted by Crippen LogP contribution is 2.24. The Morgan fingerprint density at radius 1 is 1.32 bits per heavy atom.